The molecule has 1 N–H and O–H groups in total. The van der Waals surface area contributed by atoms with Gasteiger partial charge in [0.05, 0.1) is 11.6 Å². The second kappa shape index (κ2) is 10.3. The first-order valence-electron chi connectivity index (χ1n) is 12.6. The van der Waals surface area contributed by atoms with E-state index in [1.807, 2.05) is 61.7 Å². The number of pyridine rings is 1. The highest BCUT2D eigenvalue weighted by atomic mass is 16.5. The maximum absolute atomic E-state index is 12.1. The van der Waals surface area contributed by atoms with Gasteiger partial charge in [0.1, 0.15) is 30.0 Å². The van der Waals surface area contributed by atoms with Gasteiger partial charge in [0, 0.05) is 35.4 Å². The predicted molar refractivity (Wildman–Crippen MR) is 149 cm³/mol. The van der Waals surface area contributed by atoms with Crippen molar-refractivity contribution < 1.29 is 9.53 Å². The molecule has 1 aliphatic rings. The lowest BCUT2D eigenvalue weighted by Gasteiger charge is -2.18. The second-order valence-corrected chi connectivity index (χ2v) is 9.25. The number of rotatable bonds is 5. The largest absolute Gasteiger partial charge is 0.457 e. The summed E-state index contributed by atoms with van der Waals surface area (Å²) < 4.78 is 7.78. The van der Waals surface area contributed by atoms with Gasteiger partial charge in [-0.25, -0.2) is 19.5 Å². The molecule has 1 saturated heterocycles. The lowest BCUT2D eigenvalue weighted by Crippen LogP contribution is -2.33. The molecule has 39 heavy (non-hydrogen) atoms. The first-order valence-corrected chi connectivity index (χ1v) is 12.6. The van der Waals surface area contributed by atoms with Crippen LogP contribution in [0.15, 0.2) is 80.0 Å². The quantitative estimate of drug-likeness (QED) is 0.259. The zero-order valence-electron chi connectivity index (χ0n) is 21.3. The summed E-state index contributed by atoms with van der Waals surface area (Å²) in [4.78, 5) is 27.0. The number of carbonyl (C=O) groups excluding carboxylic acids is 1. The summed E-state index contributed by atoms with van der Waals surface area (Å²) in [7, 11) is 0. The van der Waals surface area contributed by atoms with E-state index in [0.717, 1.165) is 46.3 Å². The van der Waals surface area contributed by atoms with Crippen LogP contribution in [0.1, 0.15) is 24.0 Å². The van der Waals surface area contributed by atoms with Crippen LogP contribution >= 0.6 is 0 Å². The summed E-state index contributed by atoms with van der Waals surface area (Å²) >= 11 is 0. The first kappa shape index (κ1) is 24.1. The molecule has 0 saturated carbocycles. The van der Waals surface area contributed by atoms with Crippen molar-refractivity contribution >= 4 is 34.0 Å². The average molecular weight is 516 g/mol. The number of aromatic nitrogens is 5. The number of nitrogens with zero attached hydrogens (tertiary/aromatic N) is 6. The molecule has 4 heterocycles. The Bertz CT molecular complexity index is 1780. The summed E-state index contributed by atoms with van der Waals surface area (Å²) in [6.45, 7) is 6.30. The van der Waals surface area contributed by atoms with E-state index in [9.17, 15) is 4.79 Å². The van der Waals surface area contributed by atoms with E-state index < -0.39 is 0 Å². The smallest absolute Gasteiger partial charge is 0.246 e. The summed E-state index contributed by atoms with van der Waals surface area (Å²) in [5, 5.41) is 8.38. The van der Waals surface area contributed by atoms with Crippen LogP contribution in [0, 0.1) is 18.8 Å². The van der Waals surface area contributed by atoms with Crippen LogP contribution in [-0.2, 0) is 4.79 Å². The van der Waals surface area contributed by atoms with Crippen LogP contribution in [0.2, 0.25) is 0 Å². The van der Waals surface area contributed by atoms with E-state index in [-0.39, 0.29) is 11.9 Å². The number of nitrogens with one attached hydrogen (secondary N) is 1. The molecule has 9 nitrogen and oxygen atoms in total. The highest BCUT2D eigenvalue weighted by molar-refractivity contribution is 5.91. The molecule has 6 rings (SSSR count). The van der Waals surface area contributed by atoms with Crippen molar-refractivity contribution in [3.05, 3.63) is 91.2 Å². The van der Waals surface area contributed by atoms with E-state index in [1.54, 1.807) is 9.42 Å². The average Bonchev–Trinajstić information content (AvgIpc) is 3.62. The number of amides is 1. The van der Waals surface area contributed by atoms with Crippen LogP contribution in [0.25, 0.3) is 16.6 Å². The number of carbonyl (C=O) groups is 1. The van der Waals surface area contributed by atoms with E-state index >= 15 is 0 Å². The number of anilines is 2. The fourth-order valence-corrected chi connectivity index (χ4v) is 4.66. The number of ether oxygens (including phenoxy) is 1. The summed E-state index contributed by atoms with van der Waals surface area (Å²) in [5.74, 6) is 8.53. The zero-order chi connectivity index (χ0) is 26.8. The Morgan fingerprint density at radius 3 is 2.92 bits per heavy atom. The van der Waals surface area contributed by atoms with Crippen molar-refractivity contribution in [2.75, 3.05) is 11.9 Å². The number of likely N-dealkylation sites (tertiary alicyclic amines) is 1. The van der Waals surface area contributed by atoms with Crippen LogP contribution in [-0.4, -0.2) is 48.0 Å². The van der Waals surface area contributed by atoms with Gasteiger partial charge in [-0.05, 0) is 73.9 Å². The fourth-order valence-electron chi connectivity index (χ4n) is 4.66. The molecule has 0 bridgehead atoms. The Morgan fingerprint density at radius 1 is 1.13 bits per heavy atom. The number of aryl methyl sites for hydroxylation is 1. The van der Waals surface area contributed by atoms with Crippen molar-refractivity contribution in [2.45, 2.75) is 25.8 Å². The van der Waals surface area contributed by atoms with Crippen molar-refractivity contribution in [1.29, 1.82) is 0 Å². The molecular formula is C30H25N7O2. The molecule has 2 aromatic carbocycles. The highest BCUT2D eigenvalue weighted by Crippen LogP contribution is 2.30. The maximum atomic E-state index is 12.1. The predicted octanol–water partition coefficient (Wildman–Crippen LogP) is 5.05. The van der Waals surface area contributed by atoms with Gasteiger partial charge in [-0.3, -0.25) is 4.79 Å². The Balaban J connectivity index is 1.23. The molecule has 1 atom stereocenters. The summed E-state index contributed by atoms with van der Waals surface area (Å²) in [6, 6.07) is 15.3. The van der Waals surface area contributed by atoms with Gasteiger partial charge in [0.2, 0.25) is 5.91 Å². The SMILES string of the molecule is C=CC(=O)N1CCC[C@@H]1C#Cc1ccc2ncnc(Nc3ccc(Oc4ccn5ncnc5c4)c(C)c3)c2c1. The van der Waals surface area contributed by atoms with Crippen molar-refractivity contribution in [1.82, 2.24) is 29.5 Å². The molecule has 0 unspecified atom stereocenters. The minimum absolute atomic E-state index is 0.0756. The molecular weight excluding hydrogens is 490 g/mol. The van der Waals surface area contributed by atoms with Crippen LogP contribution in [0.4, 0.5) is 11.5 Å². The third-order valence-corrected chi connectivity index (χ3v) is 6.65. The fraction of sp³-hybridized carbons (Fsp3) is 0.167. The van der Waals surface area contributed by atoms with E-state index in [2.05, 4.69) is 43.8 Å². The Morgan fingerprint density at radius 2 is 2.05 bits per heavy atom. The lowest BCUT2D eigenvalue weighted by atomic mass is 10.1. The number of hydrogen-bond acceptors (Lipinski definition) is 7. The highest BCUT2D eigenvalue weighted by Gasteiger charge is 2.25. The van der Waals surface area contributed by atoms with Crippen molar-refractivity contribution in [3.63, 3.8) is 0 Å². The molecule has 1 aliphatic heterocycles. The minimum Gasteiger partial charge on any atom is -0.457 e. The van der Waals surface area contributed by atoms with E-state index in [0.29, 0.717) is 23.8 Å². The van der Waals surface area contributed by atoms with Gasteiger partial charge in [-0.2, -0.15) is 5.10 Å². The lowest BCUT2D eigenvalue weighted by molar-refractivity contribution is -0.125. The maximum Gasteiger partial charge on any atom is 0.246 e. The second-order valence-electron chi connectivity index (χ2n) is 9.25. The molecule has 1 fully saturated rings. The number of hydrogen-bond donors (Lipinski definition) is 1. The van der Waals surface area contributed by atoms with Gasteiger partial charge < -0.3 is 15.0 Å². The molecule has 1 amide bonds. The zero-order valence-corrected chi connectivity index (χ0v) is 21.3. The Hall–Kier alpha value is -5.23. The van der Waals surface area contributed by atoms with Crippen LogP contribution in [0.3, 0.4) is 0 Å². The summed E-state index contributed by atoms with van der Waals surface area (Å²) in [6.07, 6.45) is 8.02. The molecule has 0 spiro atoms. The Kier molecular flexibility index (Phi) is 6.35. The van der Waals surface area contributed by atoms with Gasteiger partial charge in [0.15, 0.2) is 5.65 Å². The van der Waals surface area contributed by atoms with Crippen LogP contribution in [0.5, 0.6) is 11.5 Å². The van der Waals surface area contributed by atoms with Gasteiger partial charge in [0.25, 0.3) is 0 Å². The molecule has 3 aromatic heterocycles. The standard InChI is InChI=1S/C30H25N7O2/c1-3-29(38)36-13-4-5-23(36)9-6-21-7-10-26-25(16-21)30(33-18-31-26)35-22-8-11-27(20(2)15-22)39-24-12-14-37-28(17-24)32-19-34-37/h3,7-8,10-12,14-19,23H,1,4-5,13H2,2H3,(H,31,33,35)/t23-/m1/s1. The molecule has 192 valence electrons. The first-order chi connectivity index (χ1) is 19.1. The normalized spacial score (nSPS) is 14.7. The topological polar surface area (TPSA) is 97.5 Å². The van der Waals surface area contributed by atoms with E-state index in [4.69, 9.17) is 4.74 Å². The molecule has 5 aromatic rings. The number of benzene rings is 2. The van der Waals surface area contributed by atoms with E-state index in [1.165, 1.54) is 18.7 Å². The molecule has 0 aliphatic carbocycles. The van der Waals surface area contributed by atoms with Gasteiger partial charge in [-0.1, -0.05) is 18.4 Å². The Labute approximate surface area is 225 Å². The molecule has 9 heteroatoms. The number of fused-ring (bicyclic) bond motifs is 2. The molecule has 0 radical (unpaired) electrons. The van der Waals surface area contributed by atoms with Crippen molar-refractivity contribution in [3.8, 4) is 23.3 Å². The monoisotopic (exact) mass is 515 g/mol. The minimum atomic E-state index is -0.0992. The third kappa shape index (κ3) is 5.00. The summed E-state index contributed by atoms with van der Waals surface area (Å²) in [5.41, 5.74) is 4.19. The van der Waals surface area contributed by atoms with Gasteiger partial charge in [-0.15, -0.1) is 0 Å². The van der Waals surface area contributed by atoms with Crippen molar-refractivity contribution in [2.24, 2.45) is 0 Å². The van der Waals surface area contributed by atoms with Gasteiger partial charge >= 0.3 is 0 Å². The van der Waals surface area contributed by atoms with Crippen LogP contribution < -0.4 is 10.1 Å². The third-order valence-electron chi connectivity index (χ3n) is 6.65.